The summed E-state index contributed by atoms with van der Waals surface area (Å²) in [6, 6.07) is 4.63. The fourth-order valence-electron chi connectivity index (χ4n) is 2.60. The summed E-state index contributed by atoms with van der Waals surface area (Å²) in [6.45, 7) is 5.28. The number of aromatic nitrogens is 3. The van der Waals surface area contributed by atoms with Crippen LogP contribution in [0.3, 0.4) is 0 Å². The number of carbonyl (C=O) groups is 1. The first kappa shape index (κ1) is 15.2. The fourth-order valence-corrected chi connectivity index (χ4v) is 2.60. The average Bonchev–Trinajstić information content (AvgIpc) is 2.74. The van der Waals surface area contributed by atoms with Gasteiger partial charge in [-0.15, -0.1) is 0 Å². The number of anilines is 1. The second-order valence-electron chi connectivity index (χ2n) is 6.26. The van der Waals surface area contributed by atoms with Crippen molar-refractivity contribution >= 4 is 33.7 Å². The molecule has 7 heteroatoms. The molecule has 0 aliphatic rings. The number of halogens is 1. The van der Waals surface area contributed by atoms with Crippen molar-refractivity contribution in [2.45, 2.75) is 32.9 Å². The minimum Gasteiger partial charge on any atom is -0.459 e. The topological polar surface area (TPSA) is 83.0 Å². The molecule has 0 fully saturated rings. The number of rotatable bonds is 2. The summed E-state index contributed by atoms with van der Waals surface area (Å²) in [6.07, 6.45) is 1.29. The lowest BCUT2D eigenvalue weighted by atomic mass is 10.2. The molecule has 0 saturated carbocycles. The standard InChI is InChI=1S/C16H17FN4O2/c1-16(2,3)23-11(22)7-21-10-6-4-5-9(17)12(10)13-14(18)19-8-20-15(13)21/h4-6,8H,7H2,1-3H3,(H2,18,19,20). The first-order chi connectivity index (χ1) is 10.8. The van der Waals surface area contributed by atoms with Gasteiger partial charge in [0.2, 0.25) is 0 Å². The van der Waals surface area contributed by atoms with E-state index < -0.39 is 17.4 Å². The number of carbonyl (C=O) groups excluding carboxylic acids is 1. The molecule has 23 heavy (non-hydrogen) atoms. The smallest absolute Gasteiger partial charge is 0.326 e. The summed E-state index contributed by atoms with van der Waals surface area (Å²) in [5, 5.41) is 0.716. The molecular formula is C16H17FN4O2. The molecule has 0 atom stereocenters. The van der Waals surface area contributed by atoms with E-state index in [1.807, 2.05) is 0 Å². The zero-order valence-corrected chi connectivity index (χ0v) is 13.1. The van der Waals surface area contributed by atoms with Crippen LogP contribution in [0.25, 0.3) is 21.9 Å². The normalized spacial score (nSPS) is 12.0. The first-order valence-electron chi connectivity index (χ1n) is 7.16. The third-order valence-electron chi connectivity index (χ3n) is 3.35. The highest BCUT2D eigenvalue weighted by Crippen LogP contribution is 2.32. The van der Waals surface area contributed by atoms with Crippen LogP contribution >= 0.6 is 0 Å². The van der Waals surface area contributed by atoms with Crippen molar-refractivity contribution in [2.75, 3.05) is 5.73 Å². The van der Waals surface area contributed by atoms with Gasteiger partial charge in [0.15, 0.2) is 0 Å². The Kier molecular flexibility index (Phi) is 3.43. The van der Waals surface area contributed by atoms with E-state index in [1.165, 1.54) is 12.4 Å². The van der Waals surface area contributed by atoms with Gasteiger partial charge in [-0.05, 0) is 32.9 Å². The molecule has 2 aromatic heterocycles. The minimum absolute atomic E-state index is 0.0861. The SMILES string of the molecule is CC(C)(C)OC(=O)Cn1c2cccc(F)c2c2c(N)ncnc21. The van der Waals surface area contributed by atoms with Gasteiger partial charge in [0, 0.05) is 5.39 Å². The predicted molar refractivity (Wildman–Crippen MR) is 85.2 cm³/mol. The number of hydrogen-bond donors (Lipinski definition) is 1. The molecule has 0 bridgehead atoms. The molecule has 0 saturated heterocycles. The number of nitrogen functional groups attached to an aromatic ring is 1. The molecule has 0 spiro atoms. The van der Waals surface area contributed by atoms with E-state index in [0.717, 1.165) is 0 Å². The van der Waals surface area contributed by atoms with Gasteiger partial charge < -0.3 is 15.0 Å². The maximum atomic E-state index is 14.3. The number of esters is 1. The zero-order chi connectivity index (χ0) is 16.8. The van der Waals surface area contributed by atoms with E-state index in [1.54, 1.807) is 37.5 Å². The molecule has 120 valence electrons. The van der Waals surface area contributed by atoms with Gasteiger partial charge in [-0.2, -0.15) is 0 Å². The van der Waals surface area contributed by atoms with Gasteiger partial charge in [0.1, 0.15) is 35.8 Å². The van der Waals surface area contributed by atoms with Crippen molar-refractivity contribution in [3.8, 4) is 0 Å². The summed E-state index contributed by atoms with van der Waals surface area (Å²) in [5.74, 6) is -0.692. The van der Waals surface area contributed by atoms with Crippen molar-refractivity contribution in [2.24, 2.45) is 0 Å². The number of hydrogen-bond acceptors (Lipinski definition) is 5. The molecular weight excluding hydrogens is 299 g/mol. The molecule has 3 rings (SSSR count). The Balaban J connectivity index is 2.21. The van der Waals surface area contributed by atoms with Gasteiger partial charge in [-0.25, -0.2) is 14.4 Å². The van der Waals surface area contributed by atoms with Crippen molar-refractivity contribution < 1.29 is 13.9 Å². The molecule has 0 unspecified atom stereocenters. The molecule has 2 N–H and O–H groups in total. The molecule has 6 nitrogen and oxygen atoms in total. The zero-order valence-electron chi connectivity index (χ0n) is 13.1. The van der Waals surface area contributed by atoms with Crippen LogP contribution in [0.1, 0.15) is 20.8 Å². The Morgan fingerprint density at radius 1 is 1.30 bits per heavy atom. The summed E-state index contributed by atoms with van der Waals surface area (Å²) >= 11 is 0. The third kappa shape index (κ3) is 2.69. The number of nitrogens with two attached hydrogens (primary N) is 1. The second-order valence-corrected chi connectivity index (χ2v) is 6.26. The van der Waals surface area contributed by atoms with Crippen LogP contribution in [-0.2, 0) is 16.1 Å². The quantitative estimate of drug-likeness (QED) is 0.735. The number of nitrogens with zero attached hydrogens (tertiary/aromatic N) is 3. The van der Waals surface area contributed by atoms with E-state index in [-0.39, 0.29) is 12.4 Å². The Morgan fingerprint density at radius 2 is 2.04 bits per heavy atom. The largest absolute Gasteiger partial charge is 0.459 e. The van der Waals surface area contributed by atoms with Gasteiger partial charge in [0.05, 0.1) is 10.9 Å². The van der Waals surface area contributed by atoms with Crippen LogP contribution in [0.2, 0.25) is 0 Å². The Hall–Kier alpha value is -2.70. The number of fused-ring (bicyclic) bond motifs is 3. The second kappa shape index (κ2) is 5.19. The summed E-state index contributed by atoms with van der Waals surface area (Å²) in [7, 11) is 0. The van der Waals surface area contributed by atoms with Crippen molar-refractivity contribution in [1.82, 2.24) is 14.5 Å². The summed E-state index contributed by atoms with van der Waals surface area (Å²) in [5.41, 5.74) is 6.22. The van der Waals surface area contributed by atoms with Crippen LogP contribution in [0.5, 0.6) is 0 Å². The van der Waals surface area contributed by atoms with E-state index in [0.29, 0.717) is 21.9 Å². The maximum absolute atomic E-state index is 14.3. The van der Waals surface area contributed by atoms with Gasteiger partial charge in [0.25, 0.3) is 0 Å². The van der Waals surface area contributed by atoms with E-state index in [4.69, 9.17) is 10.5 Å². The maximum Gasteiger partial charge on any atom is 0.326 e. The molecule has 0 amide bonds. The molecule has 3 aromatic rings. The van der Waals surface area contributed by atoms with Gasteiger partial charge in [-0.3, -0.25) is 4.79 Å². The fraction of sp³-hybridized carbons (Fsp3) is 0.312. The molecule has 1 aromatic carbocycles. The highest BCUT2D eigenvalue weighted by Gasteiger charge is 2.22. The lowest BCUT2D eigenvalue weighted by molar-refractivity contribution is -0.155. The monoisotopic (exact) mass is 316 g/mol. The van der Waals surface area contributed by atoms with Gasteiger partial charge >= 0.3 is 5.97 Å². The number of ether oxygens (including phenoxy) is 1. The predicted octanol–water partition coefficient (Wildman–Crippen LogP) is 2.65. The van der Waals surface area contributed by atoms with Crippen LogP contribution in [0, 0.1) is 5.82 Å². The lowest BCUT2D eigenvalue weighted by Gasteiger charge is -2.20. The van der Waals surface area contributed by atoms with Crippen molar-refractivity contribution in [3.63, 3.8) is 0 Å². The van der Waals surface area contributed by atoms with E-state index in [2.05, 4.69) is 9.97 Å². The highest BCUT2D eigenvalue weighted by atomic mass is 19.1. The van der Waals surface area contributed by atoms with Crippen LogP contribution < -0.4 is 5.73 Å². The van der Waals surface area contributed by atoms with Crippen molar-refractivity contribution in [1.29, 1.82) is 0 Å². The molecule has 2 heterocycles. The highest BCUT2D eigenvalue weighted by molar-refractivity contribution is 6.11. The van der Waals surface area contributed by atoms with E-state index >= 15 is 0 Å². The summed E-state index contributed by atoms with van der Waals surface area (Å²) < 4.78 is 21.2. The Bertz CT molecular complexity index is 852. The van der Waals surface area contributed by atoms with Crippen LogP contribution in [-0.4, -0.2) is 26.1 Å². The molecule has 0 aliphatic carbocycles. The first-order valence-corrected chi connectivity index (χ1v) is 7.16. The van der Waals surface area contributed by atoms with Crippen LogP contribution in [0.4, 0.5) is 10.2 Å². The molecule has 0 radical (unpaired) electrons. The average molecular weight is 316 g/mol. The van der Waals surface area contributed by atoms with Crippen molar-refractivity contribution in [3.05, 3.63) is 30.3 Å². The summed E-state index contributed by atoms with van der Waals surface area (Å²) in [4.78, 5) is 20.3. The minimum atomic E-state index is -0.602. The Morgan fingerprint density at radius 3 is 2.74 bits per heavy atom. The Labute approximate surface area is 132 Å². The number of benzene rings is 1. The molecule has 0 aliphatic heterocycles. The van der Waals surface area contributed by atoms with E-state index in [9.17, 15) is 9.18 Å². The van der Waals surface area contributed by atoms with Crippen LogP contribution in [0.15, 0.2) is 24.5 Å². The lowest BCUT2D eigenvalue weighted by Crippen LogP contribution is -2.26. The van der Waals surface area contributed by atoms with Gasteiger partial charge in [-0.1, -0.05) is 6.07 Å². The third-order valence-corrected chi connectivity index (χ3v) is 3.35.